The fourth-order valence-electron chi connectivity index (χ4n) is 4.11. The van der Waals surface area contributed by atoms with E-state index in [0.29, 0.717) is 17.9 Å². The third kappa shape index (κ3) is 3.66. The van der Waals surface area contributed by atoms with Gasteiger partial charge in [0.15, 0.2) is 0 Å². The number of aryl methyl sites for hydroxylation is 1. The minimum atomic E-state index is 0.152. The largest absolute Gasteiger partial charge is 0.372 e. The van der Waals surface area contributed by atoms with Gasteiger partial charge in [-0.25, -0.2) is 5.43 Å². The van der Waals surface area contributed by atoms with Gasteiger partial charge in [-0.3, -0.25) is 15.1 Å². The van der Waals surface area contributed by atoms with Crippen molar-refractivity contribution in [2.75, 3.05) is 26.2 Å². The average molecular weight is 356 g/mol. The van der Waals surface area contributed by atoms with Gasteiger partial charge in [-0.1, -0.05) is 6.07 Å². The van der Waals surface area contributed by atoms with Crippen molar-refractivity contribution >= 4 is 0 Å². The van der Waals surface area contributed by atoms with Crippen LogP contribution in [0.25, 0.3) is 0 Å². The van der Waals surface area contributed by atoms with Gasteiger partial charge in [-0.2, -0.15) is 5.10 Å². The lowest BCUT2D eigenvalue weighted by molar-refractivity contribution is 0.0828. The van der Waals surface area contributed by atoms with Gasteiger partial charge in [-0.15, -0.1) is 0 Å². The third-order valence-electron chi connectivity index (χ3n) is 5.50. The van der Waals surface area contributed by atoms with Gasteiger partial charge < -0.3 is 10.1 Å². The molecule has 4 rings (SSSR count). The Labute approximate surface area is 154 Å². The lowest BCUT2D eigenvalue weighted by atomic mass is 9.95. The van der Waals surface area contributed by atoms with E-state index < -0.39 is 0 Å². The number of hydrazine groups is 1. The number of hydrogen-bond donors (Lipinski definition) is 3. The zero-order valence-corrected chi connectivity index (χ0v) is 15.3. The Morgan fingerprint density at radius 2 is 2.19 bits per heavy atom. The summed E-state index contributed by atoms with van der Waals surface area (Å²) in [5.41, 5.74) is 9.11. The highest BCUT2D eigenvalue weighted by molar-refractivity contribution is 5.16. The maximum absolute atomic E-state index is 6.03. The van der Waals surface area contributed by atoms with E-state index in [1.165, 1.54) is 11.3 Å². The molecule has 0 amide bonds. The van der Waals surface area contributed by atoms with Gasteiger partial charge in [0.25, 0.3) is 0 Å². The first-order valence-corrected chi connectivity index (χ1v) is 9.59. The number of rotatable bonds is 7. The molecule has 2 unspecified atom stereocenters. The topological polar surface area (TPSA) is 76.0 Å². The van der Waals surface area contributed by atoms with Crippen molar-refractivity contribution in [2.45, 2.75) is 32.0 Å². The van der Waals surface area contributed by atoms with Crippen molar-refractivity contribution in [3.63, 3.8) is 0 Å². The van der Waals surface area contributed by atoms with Crippen LogP contribution in [0.15, 0.2) is 36.8 Å². The van der Waals surface area contributed by atoms with Crippen LogP contribution in [0, 0.1) is 11.8 Å². The molecule has 2 aliphatic heterocycles. The molecule has 0 spiro atoms. The Morgan fingerprint density at radius 3 is 3.04 bits per heavy atom. The van der Waals surface area contributed by atoms with Gasteiger partial charge in [0.2, 0.25) is 0 Å². The molecule has 2 aliphatic rings. The number of nitrogens with zero attached hydrogens (tertiary/aromatic N) is 3. The highest BCUT2D eigenvalue weighted by atomic mass is 16.5. The lowest BCUT2D eigenvalue weighted by Gasteiger charge is -2.22. The number of hydrogen-bond acceptors (Lipinski definition) is 6. The molecule has 4 atom stereocenters. The van der Waals surface area contributed by atoms with Gasteiger partial charge >= 0.3 is 0 Å². The van der Waals surface area contributed by atoms with E-state index in [2.05, 4.69) is 45.3 Å². The molecule has 2 aromatic heterocycles. The van der Waals surface area contributed by atoms with E-state index in [9.17, 15) is 0 Å². The van der Waals surface area contributed by atoms with Crippen molar-refractivity contribution in [2.24, 2.45) is 11.8 Å². The quantitative estimate of drug-likeness (QED) is 0.697. The molecule has 7 heteroatoms. The average Bonchev–Trinajstić information content (AvgIpc) is 3.42. The molecule has 2 fully saturated rings. The first-order chi connectivity index (χ1) is 12.9. The Bertz CT molecular complexity index is 690. The van der Waals surface area contributed by atoms with Crippen LogP contribution >= 0.6 is 0 Å². The molecular formula is C19H28N6O. The number of aromatic nitrogens is 3. The normalized spacial score (nSPS) is 28.7. The molecule has 0 radical (unpaired) electrons. The molecule has 0 aromatic carbocycles. The van der Waals surface area contributed by atoms with Crippen molar-refractivity contribution in [3.8, 4) is 0 Å². The van der Waals surface area contributed by atoms with E-state index in [1.54, 1.807) is 0 Å². The first-order valence-electron chi connectivity index (χ1n) is 9.59. The van der Waals surface area contributed by atoms with Crippen molar-refractivity contribution in [3.05, 3.63) is 48.0 Å². The highest BCUT2D eigenvalue weighted by Crippen LogP contribution is 2.34. The maximum atomic E-state index is 6.03. The molecule has 0 aliphatic carbocycles. The Balaban J connectivity index is 1.32. The zero-order valence-electron chi connectivity index (χ0n) is 15.3. The van der Waals surface area contributed by atoms with Crippen LogP contribution in [-0.2, 0) is 11.3 Å². The van der Waals surface area contributed by atoms with E-state index in [1.807, 2.05) is 29.3 Å². The van der Waals surface area contributed by atoms with Crippen molar-refractivity contribution < 1.29 is 4.74 Å². The van der Waals surface area contributed by atoms with Crippen LogP contribution in [0.5, 0.6) is 0 Å². The molecule has 4 heterocycles. The Hall–Kier alpha value is -1.80. The minimum absolute atomic E-state index is 0.152. The van der Waals surface area contributed by atoms with Gasteiger partial charge in [0.05, 0.1) is 11.7 Å². The van der Waals surface area contributed by atoms with Crippen LogP contribution in [0.4, 0.5) is 0 Å². The lowest BCUT2D eigenvalue weighted by Crippen LogP contribution is -2.33. The minimum Gasteiger partial charge on any atom is -0.372 e. The highest BCUT2D eigenvalue weighted by Gasteiger charge is 2.33. The number of nitrogens with one attached hydrogen (secondary N) is 3. The van der Waals surface area contributed by atoms with Crippen LogP contribution in [0.2, 0.25) is 0 Å². The predicted molar refractivity (Wildman–Crippen MR) is 99.2 cm³/mol. The van der Waals surface area contributed by atoms with Gasteiger partial charge in [0.1, 0.15) is 6.10 Å². The standard InChI is InChI=1S/C19H28N6O/c1-2-25-17(5-8-23-25)19-15(6-9-26-19)11-21-12-16-13-22-24-18(16)14-4-3-7-20-10-14/h3-5,7-8,10,15-16,18-19,21-22,24H,2,6,9,11-13H2,1H3/t15-,16?,18?,19+/m0/s1. The summed E-state index contributed by atoms with van der Waals surface area (Å²) in [6.45, 7) is 6.73. The summed E-state index contributed by atoms with van der Waals surface area (Å²) in [5.74, 6) is 0.998. The molecule has 3 N–H and O–H groups in total. The van der Waals surface area contributed by atoms with Crippen LogP contribution in [0.1, 0.15) is 36.7 Å². The molecule has 2 saturated heterocycles. The Kier molecular flexibility index (Phi) is 5.59. The van der Waals surface area contributed by atoms with Crippen LogP contribution < -0.4 is 16.2 Å². The second kappa shape index (κ2) is 8.26. The van der Waals surface area contributed by atoms with E-state index >= 15 is 0 Å². The Morgan fingerprint density at radius 1 is 1.27 bits per heavy atom. The van der Waals surface area contributed by atoms with E-state index in [0.717, 1.165) is 39.2 Å². The fraction of sp³-hybridized carbons (Fsp3) is 0.579. The summed E-state index contributed by atoms with van der Waals surface area (Å²) in [6, 6.07) is 6.53. The van der Waals surface area contributed by atoms with E-state index in [-0.39, 0.29) is 6.10 Å². The summed E-state index contributed by atoms with van der Waals surface area (Å²) in [4.78, 5) is 4.25. The second-order valence-electron chi connectivity index (χ2n) is 7.12. The summed E-state index contributed by atoms with van der Waals surface area (Å²) >= 11 is 0. The molecule has 0 bridgehead atoms. The molecule has 2 aromatic rings. The molecular weight excluding hydrogens is 328 g/mol. The molecule has 140 valence electrons. The molecule has 0 saturated carbocycles. The fourth-order valence-corrected chi connectivity index (χ4v) is 4.11. The summed E-state index contributed by atoms with van der Waals surface area (Å²) in [5, 5.41) is 8.08. The van der Waals surface area contributed by atoms with Crippen molar-refractivity contribution in [1.82, 2.24) is 30.9 Å². The smallest absolute Gasteiger partial charge is 0.103 e. The summed E-state index contributed by atoms with van der Waals surface area (Å²) in [7, 11) is 0. The zero-order chi connectivity index (χ0) is 17.8. The first kappa shape index (κ1) is 17.6. The van der Waals surface area contributed by atoms with Crippen LogP contribution in [0.3, 0.4) is 0 Å². The molecule has 26 heavy (non-hydrogen) atoms. The number of pyridine rings is 1. The second-order valence-corrected chi connectivity index (χ2v) is 7.12. The van der Waals surface area contributed by atoms with Gasteiger partial charge in [0, 0.05) is 63.2 Å². The third-order valence-corrected chi connectivity index (χ3v) is 5.50. The monoisotopic (exact) mass is 356 g/mol. The van der Waals surface area contributed by atoms with Crippen LogP contribution in [-0.4, -0.2) is 41.0 Å². The predicted octanol–water partition coefficient (Wildman–Crippen LogP) is 1.43. The maximum Gasteiger partial charge on any atom is 0.103 e. The SMILES string of the molecule is CCn1nccc1[C@@H]1OCC[C@H]1CNCC1CNNC1c1cccnc1. The number of ether oxygens (including phenoxy) is 1. The summed E-state index contributed by atoms with van der Waals surface area (Å²) < 4.78 is 8.08. The molecule has 7 nitrogen and oxygen atoms in total. The summed E-state index contributed by atoms with van der Waals surface area (Å²) in [6.07, 6.45) is 6.89. The van der Waals surface area contributed by atoms with Gasteiger partial charge in [-0.05, 0) is 31.0 Å². The van der Waals surface area contributed by atoms with E-state index in [4.69, 9.17) is 4.74 Å². The van der Waals surface area contributed by atoms with Crippen molar-refractivity contribution in [1.29, 1.82) is 0 Å².